The van der Waals surface area contributed by atoms with Crippen LogP contribution in [0.25, 0.3) is 76.8 Å². The smallest absolute Gasteiger partial charge is 0.332 e. The molecule has 0 spiro atoms. The van der Waals surface area contributed by atoms with Crippen LogP contribution in [0.2, 0.25) is 0 Å². The zero-order chi connectivity index (χ0) is 35.2. The van der Waals surface area contributed by atoms with E-state index in [-0.39, 0.29) is 6.85 Å². The van der Waals surface area contributed by atoms with Gasteiger partial charge in [0.25, 0.3) is 0 Å². The average molecular weight is 669 g/mol. The fraction of sp³-hybridized carbons (Fsp3) is 0. The van der Waals surface area contributed by atoms with E-state index in [0.29, 0.717) is 16.9 Å². The maximum absolute atomic E-state index is 6.83. The first-order valence-corrected chi connectivity index (χ1v) is 17.8. The predicted molar refractivity (Wildman–Crippen MR) is 224 cm³/mol. The molecule has 3 heterocycles. The summed E-state index contributed by atoms with van der Waals surface area (Å²) in [6, 6.07) is 54.6. The highest BCUT2D eigenvalue weighted by atomic mass is 16.3. The highest BCUT2D eigenvalue weighted by Gasteiger charge is 2.42. The van der Waals surface area contributed by atoms with Crippen molar-refractivity contribution in [3.8, 4) is 22.4 Å². The monoisotopic (exact) mass is 669 g/mol. The molecule has 10 aromatic rings. The number of para-hydroxylation sites is 2. The van der Waals surface area contributed by atoms with Crippen molar-refractivity contribution in [3.63, 3.8) is 0 Å². The van der Waals surface area contributed by atoms with Gasteiger partial charge in [-0.05, 0) is 44.9 Å². The van der Waals surface area contributed by atoms with Crippen molar-refractivity contribution in [1.82, 2.24) is 9.97 Å². The zero-order valence-electron chi connectivity index (χ0n) is 28.5. The molecule has 0 saturated carbocycles. The summed E-state index contributed by atoms with van der Waals surface area (Å²) in [6.07, 6.45) is 0. The molecule has 0 aliphatic carbocycles. The Labute approximate surface area is 308 Å². The van der Waals surface area contributed by atoms with E-state index in [9.17, 15) is 0 Å². The second-order valence-corrected chi connectivity index (χ2v) is 13.7. The first-order chi connectivity index (χ1) is 26.1. The van der Waals surface area contributed by atoms with E-state index < -0.39 is 0 Å². The number of aromatic nitrogens is 2. The molecular weight excluding hydrogens is 643 g/mol. The minimum absolute atomic E-state index is 0.292. The van der Waals surface area contributed by atoms with Crippen molar-refractivity contribution < 1.29 is 4.42 Å². The predicted octanol–water partition coefficient (Wildman–Crippen LogP) is 8.01. The minimum atomic E-state index is -0.292. The van der Waals surface area contributed by atoms with Crippen LogP contribution in [-0.4, -0.2) is 32.5 Å². The van der Waals surface area contributed by atoms with Crippen molar-refractivity contribution in [1.29, 1.82) is 0 Å². The van der Waals surface area contributed by atoms with Gasteiger partial charge in [0, 0.05) is 21.7 Å². The Morgan fingerprint density at radius 2 is 1.26 bits per heavy atom. The average Bonchev–Trinajstić information content (AvgIpc) is 3.60. The molecule has 0 unspecified atom stereocenters. The topological polar surface area (TPSA) is 42.2 Å². The van der Waals surface area contributed by atoms with Gasteiger partial charge in [0.05, 0.1) is 22.3 Å². The van der Waals surface area contributed by atoms with Crippen LogP contribution in [0.1, 0.15) is 0 Å². The molecule has 0 saturated heterocycles. The standard InChI is InChI=1S/C46H26B3N3O/c47-28-23-24-33(36(48)26-28)43-34-18-8-10-20-38(34)50-46(51-43)52-44-41(31-16-6-7-17-32(31)45-42(44)35-19-9-11-21-39(35)53-45)40-30-15-5-4-12-27(30)22-25-37(40)49(52)29-13-2-1-3-14-29/h1-26H. The van der Waals surface area contributed by atoms with Gasteiger partial charge >= 0.3 is 6.85 Å². The molecule has 4 nitrogen and oxygen atoms in total. The molecule has 1 aliphatic heterocycles. The summed E-state index contributed by atoms with van der Waals surface area (Å²) in [6.45, 7) is -0.292. The summed E-state index contributed by atoms with van der Waals surface area (Å²) in [5.41, 5.74) is 10.8. The van der Waals surface area contributed by atoms with E-state index in [1.165, 1.54) is 21.8 Å². The summed E-state index contributed by atoms with van der Waals surface area (Å²) >= 11 is 0. The van der Waals surface area contributed by atoms with E-state index in [0.717, 1.165) is 71.6 Å². The van der Waals surface area contributed by atoms with Crippen molar-refractivity contribution in [2.24, 2.45) is 0 Å². The Kier molecular flexibility index (Phi) is 6.50. The van der Waals surface area contributed by atoms with Gasteiger partial charge in [0.15, 0.2) is 0 Å². The number of fused-ring (bicyclic) bond motifs is 13. The lowest BCUT2D eigenvalue weighted by Crippen LogP contribution is -2.58. The number of benzene rings is 8. The summed E-state index contributed by atoms with van der Waals surface area (Å²) in [5.74, 6) is 0.561. The van der Waals surface area contributed by atoms with Gasteiger partial charge in [-0.25, -0.2) is 9.97 Å². The van der Waals surface area contributed by atoms with Gasteiger partial charge in [-0.3, -0.25) is 0 Å². The van der Waals surface area contributed by atoms with E-state index in [2.05, 4.69) is 120 Å². The number of anilines is 2. The minimum Gasteiger partial charge on any atom is -0.455 e. The van der Waals surface area contributed by atoms with Gasteiger partial charge in [0.1, 0.15) is 26.9 Å². The molecule has 4 radical (unpaired) electrons. The number of nitrogens with zero attached hydrogens (tertiary/aromatic N) is 3. The fourth-order valence-electron chi connectivity index (χ4n) is 8.53. The van der Waals surface area contributed by atoms with Crippen LogP contribution in [0.15, 0.2) is 162 Å². The Morgan fingerprint density at radius 3 is 2.09 bits per heavy atom. The van der Waals surface area contributed by atoms with Crippen LogP contribution in [0.3, 0.4) is 0 Å². The number of hydrogen-bond donors (Lipinski definition) is 0. The Bertz CT molecular complexity index is 3120. The highest BCUT2D eigenvalue weighted by molar-refractivity contribution is 6.91. The second kappa shape index (κ2) is 11.5. The summed E-state index contributed by atoms with van der Waals surface area (Å²) < 4.78 is 6.83. The highest BCUT2D eigenvalue weighted by Crippen LogP contribution is 2.52. The van der Waals surface area contributed by atoms with Crippen molar-refractivity contribution >= 4 is 110 Å². The van der Waals surface area contributed by atoms with E-state index in [1.807, 2.05) is 36.4 Å². The zero-order valence-corrected chi connectivity index (χ0v) is 28.5. The SMILES string of the molecule is [B]c1ccc(-c2nc(N3B(c4ccccc4)c4ccc5ccccc5c4-c4c3c3c5ccccc5oc3c3ccccc43)nc3ccccc23)c([B])c1. The number of hydrogen-bond acceptors (Lipinski definition) is 4. The lowest BCUT2D eigenvalue weighted by molar-refractivity contribution is 0.672. The lowest BCUT2D eigenvalue weighted by Gasteiger charge is -2.39. The van der Waals surface area contributed by atoms with Crippen molar-refractivity contribution in [3.05, 3.63) is 158 Å². The molecule has 2 aromatic heterocycles. The van der Waals surface area contributed by atoms with Crippen molar-refractivity contribution in [2.45, 2.75) is 0 Å². The van der Waals surface area contributed by atoms with Crippen LogP contribution in [0.5, 0.6) is 0 Å². The van der Waals surface area contributed by atoms with Crippen LogP contribution >= 0.6 is 0 Å². The van der Waals surface area contributed by atoms with Crippen LogP contribution < -0.4 is 26.7 Å². The normalized spacial score (nSPS) is 12.6. The molecular formula is C46H26B3N3O. The second-order valence-electron chi connectivity index (χ2n) is 13.7. The fourth-order valence-corrected chi connectivity index (χ4v) is 8.53. The maximum Gasteiger partial charge on any atom is 0.332 e. The molecule has 0 fully saturated rings. The van der Waals surface area contributed by atoms with Crippen LogP contribution in [0.4, 0.5) is 11.6 Å². The molecule has 8 aromatic carbocycles. The molecule has 240 valence electrons. The van der Waals surface area contributed by atoms with Gasteiger partial charge in [-0.1, -0.05) is 162 Å². The Hall–Kier alpha value is -6.59. The number of rotatable bonds is 3. The van der Waals surface area contributed by atoms with E-state index >= 15 is 0 Å². The maximum atomic E-state index is 6.83. The quantitative estimate of drug-likeness (QED) is 0.179. The Morgan fingerprint density at radius 1 is 0.566 bits per heavy atom. The molecule has 11 rings (SSSR count). The third-order valence-electron chi connectivity index (χ3n) is 10.8. The lowest BCUT2D eigenvalue weighted by atomic mass is 9.45. The molecule has 0 atom stereocenters. The molecule has 0 amide bonds. The summed E-state index contributed by atoms with van der Waals surface area (Å²) in [5, 5.41) is 7.51. The van der Waals surface area contributed by atoms with Crippen LogP contribution in [-0.2, 0) is 0 Å². The van der Waals surface area contributed by atoms with E-state index in [1.54, 1.807) is 6.07 Å². The molecule has 7 heteroatoms. The molecule has 0 N–H and O–H groups in total. The van der Waals surface area contributed by atoms with Gasteiger partial charge < -0.3 is 9.23 Å². The third-order valence-corrected chi connectivity index (χ3v) is 10.8. The van der Waals surface area contributed by atoms with E-state index in [4.69, 9.17) is 30.1 Å². The molecule has 53 heavy (non-hydrogen) atoms. The van der Waals surface area contributed by atoms with Gasteiger partial charge in [0.2, 0.25) is 5.95 Å². The third kappa shape index (κ3) is 4.40. The molecule has 1 aliphatic rings. The van der Waals surface area contributed by atoms with Crippen LogP contribution in [0, 0.1) is 0 Å². The summed E-state index contributed by atoms with van der Waals surface area (Å²) in [4.78, 5) is 13.3. The first-order valence-electron chi connectivity index (χ1n) is 17.8. The first kappa shape index (κ1) is 30.1. The number of furan rings is 1. The van der Waals surface area contributed by atoms with Gasteiger partial charge in [-0.15, -0.1) is 0 Å². The largest absolute Gasteiger partial charge is 0.455 e. The Balaban J connectivity index is 1.37. The molecule has 0 bridgehead atoms. The van der Waals surface area contributed by atoms with Gasteiger partial charge in [-0.2, -0.15) is 0 Å². The van der Waals surface area contributed by atoms with Crippen molar-refractivity contribution in [2.75, 3.05) is 4.81 Å². The summed E-state index contributed by atoms with van der Waals surface area (Å²) in [7, 11) is 12.9.